The molecule has 0 spiro atoms. The van der Waals surface area contributed by atoms with Crippen molar-refractivity contribution in [1.82, 2.24) is 5.32 Å². The zero-order valence-electron chi connectivity index (χ0n) is 9.19. The van der Waals surface area contributed by atoms with Crippen molar-refractivity contribution >= 4 is 23.2 Å². The van der Waals surface area contributed by atoms with E-state index in [0.717, 1.165) is 34.9 Å². The molecule has 1 N–H and O–H groups in total. The quantitative estimate of drug-likeness (QED) is 0.830. The second kappa shape index (κ2) is 6.37. The van der Waals surface area contributed by atoms with E-state index in [9.17, 15) is 0 Å². The third-order valence-corrected chi connectivity index (χ3v) is 3.27. The summed E-state index contributed by atoms with van der Waals surface area (Å²) in [7, 11) is 1.99. The molecule has 0 aliphatic heterocycles. The topological polar surface area (TPSA) is 12.0 Å². The minimum absolute atomic E-state index is 0.556. The molecule has 1 unspecified atom stereocenters. The number of aryl methyl sites for hydroxylation is 1. The van der Waals surface area contributed by atoms with E-state index < -0.39 is 0 Å². The highest BCUT2D eigenvalue weighted by atomic mass is 35.5. The third-order valence-electron chi connectivity index (χ3n) is 2.67. The van der Waals surface area contributed by atoms with Gasteiger partial charge in [-0.05, 0) is 50.1 Å². The van der Waals surface area contributed by atoms with E-state index in [1.165, 1.54) is 0 Å². The fourth-order valence-electron chi connectivity index (χ4n) is 1.62. The molecule has 0 radical (unpaired) electrons. The second-order valence-corrected chi connectivity index (χ2v) is 4.51. The first-order valence-electron chi connectivity index (χ1n) is 5.28. The van der Waals surface area contributed by atoms with Gasteiger partial charge in [0, 0.05) is 16.1 Å². The van der Waals surface area contributed by atoms with Crippen LogP contribution in [0.4, 0.5) is 0 Å². The van der Waals surface area contributed by atoms with Crippen LogP contribution in [0.2, 0.25) is 10.0 Å². The van der Waals surface area contributed by atoms with E-state index in [4.69, 9.17) is 23.2 Å². The molecule has 1 aromatic rings. The summed E-state index contributed by atoms with van der Waals surface area (Å²) in [4.78, 5) is 0. The molecule has 0 aliphatic carbocycles. The average Bonchev–Trinajstić information content (AvgIpc) is 2.24. The summed E-state index contributed by atoms with van der Waals surface area (Å²) in [5, 5.41) is 4.85. The monoisotopic (exact) mass is 245 g/mol. The largest absolute Gasteiger partial charge is 0.317 e. The SMILES string of the molecule is CCC(CCc1cc(Cl)ccc1Cl)NC. The van der Waals surface area contributed by atoms with Crippen LogP contribution in [0.5, 0.6) is 0 Å². The van der Waals surface area contributed by atoms with Gasteiger partial charge in [-0.15, -0.1) is 0 Å². The molecule has 0 aliphatic rings. The van der Waals surface area contributed by atoms with Gasteiger partial charge in [0.15, 0.2) is 0 Å². The third kappa shape index (κ3) is 4.02. The molecule has 3 heteroatoms. The Labute approximate surface area is 102 Å². The van der Waals surface area contributed by atoms with Gasteiger partial charge < -0.3 is 5.32 Å². The van der Waals surface area contributed by atoms with Gasteiger partial charge >= 0.3 is 0 Å². The zero-order valence-corrected chi connectivity index (χ0v) is 10.7. The Bertz CT molecular complexity index is 308. The molecule has 84 valence electrons. The maximum atomic E-state index is 6.09. The molecule has 0 amide bonds. The molecule has 0 fully saturated rings. The van der Waals surface area contributed by atoms with Crippen molar-refractivity contribution < 1.29 is 0 Å². The Morgan fingerprint density at radius 1 is 1.33 bits per heavy atom. The number of nitrogens with one attached hydrogen (secondary N) is 1. The smallest absolute Gasteiger partial charge is 0.0439 e. The van der Waals surface area contributed by atoms with E-state index in [0.29, 0.717) is 6.04 Å². The van der Waals surface area contributed by atoms with Crippen LogP contribution in [0.3, 0.4) is 0 Å². The maximum absolute atomic E-state index is 6.09. The molecular formula is C12H17Cl2N. The molecule has 0 saturated carbocycles. The fourth-order valence-corrected chi connectivity index (χ4v) is 2.02. The van der Waals surface area contributed by atoms with Crippen molar-refractivity contribution in [1.29, 1.82) is 0 Å². The lowest BCUT2D eigenvalue weighted by atomic mass is 10.0. The zero-order chi connectivity index (χ0) is 11.3. The Balaban J connectivity index is 2.60. The van der Waals surface area contributed by atoms with E-state index in [2.05, 4.69) is 12.2 Å². The van der Waals surface area contributed by atoms with E-state index in [1.54, 1.807) is 0 Å². The first-order valence-corrected chi connectivity index (χ1v) is 6.04. The molecule has 0 heterocycles. The van der Waals surface area contributed by atoms with Gasteiger partial charge in [0.05, 0.1) is 0 Å². The summed E-state index contributed by atoms with van der Waals surface area (Å²) in [5.41, 5.74) is 1.14. The Kier molecular flexibility index (Phi) is 5.44. The summed E-state index contributed by atoms with van der Waals surface area (Å²) >= 11 is 12.0. The lowest BCUT2D eigenvalue weighted by Crippen LogP contribution is -2.24. The van der Waals surface area contributed by atoms with Crippen LogP contribution in [0, 0.1) is 0 Å². The standard InChI is InChI=1S/C12H17Cl2N/c1-3-11(15-2)6-4-9-8-10(13)5-7-12(9)14/h5,7-8,11,15H,3-4,6H2,1-2H3. The minimum atomic E-state index is 0.556. The number of halogens is 2. The van der Waals surface area contributed by atoms with E-state index in [-0.39, 0.29) is 0 Å². The van der Waals surface area contributed by atoms with E-state index >= 15 is 0 Å². The number of hydrogen-bond donors (Lipinski definition) is 1. The number of hydrogen-bond acceptors (Lipinski definition) is 1. The summed E-state index contributed by atoms with van der Waals surface area (Å²) in [6.07, 6.45) is 3.19. The number of rotatable bonds is 5. The highest BCUT2D eigenvalue weighted by Crippen LogP contribution is 2.22. The van der Waals surface area contributed by atoms with E-state index in [1.807, 2.05) is 25.2 Å². The Morgan fingerprint density at radius 3 is 2.67 bits per heavy atom. The van der Waals surface area contributed by atoms with Crippen LogP contribution in [-0.2, 0) is 6.42 Å². The molecular weight excluding hydrogens is 229 g/mol. The van der Waals surface area contributed by atoms with Crippen LogP contribution in [-0.4, -0.2) is 13.1 Å². The van der Waals surface area contributed by atoms with Crippen LogP contribution >= 0.6 is 23.2 Å². The average molecular weight is 246 g/mol. The maximum Gasteiger partial charge on any atom is 0.0439 e. The van der Waals surface area contributed by atoms with Crippen molar-refractivity contribution in [2.24, 2.45) is 0 Å². The van der Waals surface area contributed by atoms with Crippen LogP contribution in [0.25, 0.3) is 0 Å². The first kappa shape index (κ1) is 12.8. The molecule has 1 nitrogen and oxygen atoms in total. The molecule has 15 heavy (non-hydrogen) atoms. The van der Waals surface area contributed by atoms with Crippen molar-refractivity contribution in [2.75, 3.05) is 7.05 Å². The van der Waals surface area contributed by atoms with Crippen LogP contribution in [0.15, 0.2) is 18.2 Å². The highest BCUT2D eigenvalue weighted by molar-refractivity contribution is 6.33. The van der Waals surface area contributed by atoms with Crippen LogP contribution < -0.4 is 5.32 Å². The van der Waals surface area contributed by atoms with Crippen molar-refractivity contribution in [2.45, 2.75) is 32.2 Å². The summed E-state index contributed by atoms with van der Waals surface area (Å²) in [6.45, 7) is 2.18. The van der Waals surface area contributed by atoms with Gasteiger partial charge in [0.1, 0.15) is 0 Å². The Morgan fingerprint density at radius 2 is 2.07 bits per heavy atom. The minimum Gasteiger partial charge on any atom is -0.317 e. The Hall–Kier alpha value is -0.240. The van der Waals surface area contributed by atoms with Crippen molar-refractivity contribution in [3.63, 3.8) is 0 Å². The predicted octanol–water partition coefficient (Wildman–Crippen LogP) is 3.92. The molecule has 0 bridgehead atoms. The lowest BCUT2D eigenvalue weighted by molar-refractivity contribution is 0.509. The molecule has 1 rings (SSSR count). The lowest BCUT2D eigenvalue weighted by Gasteiger charge is -2.14. The van der Waals surface area contributed by atoms with Gasteiger partial charge in [-0.2, -0.15) is 0 Å². The molecule has 1 aromatic carbocycles. The second-order valence-electron chi connectivity index (χ2n) is 3.67. The van der Waals surface area contributed by atoms with Gasteiger partial charge in [0.25, 0.3) is 0 Å². The first-order chi connectivity index (χ1) is 7.17. The normalized spacial score (nSPS) is 12.8. The predicted molar refractivity (Wildman–Crippen MR) is 67.9 cm³/mol. The molecule has 0 saturated heterocycles. The number of benzene rings is 1. The van der Waals surface area contributed by atoms with Gasteiger partial charge in [-0.3, -0.25) is 0 Å². The van der Waals surface area contributed by atoms with Gasteiger partial charge in [-0.25, -0.2) is 0 Å². The highest BCUT2D eigenvalue weighted by Gasteiger charge is 2.06. The van der Waals surface area contributed by atoms with Crippen LogP contribution in [0.1, 0.15) is 25.3 Å². The molecule has 0 aromatic heterocycles. The summed E-state index contributed by atoms with van der Waals surface area (Å²) in [5.74, 6) is 0. The fraction of sp³-hybridized carbons (Fsp3) is 0.500. The summed E-state index contributed by atoms with van der Waals surface area (Å²) in [6, 6.07) is 6.19. The molecule has 1 atom stereocenters. The van der Waals surface area contributed by atoms with Crippen molar-refractivity contribution in [3.05, 3.63) is 33.8 Å². The van der Waals surface area contributed by atoms with Gasteiger partial charge in [-0.1, -0.05) is 30.1 Å². The summed E-state index contributed by atoms with van der Waals surface area (Å²) < 4.78 is 0. The van der Waals surface area contributed by atoms with Crippen molar-refractivity contribution in [3.8, 4) is 0 Å². The van der Waals surface area contributed by atoms with Gasteiger partial charge in [0.2, 0.25) is 0 Å².